The lowest BCUT2D eigenvalue weighted by Gasteiger charge is -2.34. The van der Waals surface area contributed by atoms with Crippen molar-refractivity contribution in [2.45, 2.75) is 98.4 Å². The smallest absolute Gasteiger partial charge is 0.275 e. The molecular weight excluding hydrogens is 441 g/mol. The predicted octanol–water partition coefficient (Wildman–Crippen LogP) is 5.77. The molecule has 2 atom stereocenters. The second kappa shape index (κ2) is 13.1. The van der Waals surface area contributed by atoms with E-state index in [1.165, 1.54) is 25.3 Å². The van der Waals surface area contributed by atoms with Gasteiger partial charge in [0.05, 0.1) is 28.8 Å². The number of benzene rings is 1. The minimum absolute atomic E-state index is 0.0227. The van der Waals surface area contributed by atoms with Gasteiger partial charge in [-0.2, -0.15) is 0 Å². The fourth-order valence-electron chi connectivity index (χ4n) is 3.89. The summed E-state index contributed by atoms with van der Waals surface area (Å²) in [5.74, 6) is 0. The topological polar surface area (TPSA) is 107 Å². The molecule has 1 aromatic carbocycles. The molecule has 0 spiro atoms. The van der Waals surface area contributed by atoms with E-state index in [9.17, 15) is 15.0 Å². The molecule has 1 N–H and O–H groups in total. The molecule has 1 aromatic heterocycles. The van der Waals surface area contributed by atoms with Crippen LogP contribution in [0.2, 0.25) is 0 Å². The molecule has 1 heterocycles. The number of nitro groups is 1. The van der Waals surface area contributed by atoms with E-state index in [1.54, 1.807) is 23.7 Å². The number of hydrogen-bond acceptors (Lipinski definition) is 7. The molecule has 0 aliphatic carbocycles. The molecule has 0 amide bonds. The number of hydrogen-bond donors (Lipinski definition) is 1. The first kappa shape index (κ1) is 27.3. The highest BCUT2D eigenvalue weighted by Gasteiger charge is 2.29. The average Bonchev–Trinajstić information content (AvgIpc) is 3.17. The second-order valence-corrected chi connectivity index (χ2v) is 10.1. The van der Waals surface area contributed by atoms with Crippen LogP contribution in [0.15, 0.2) is 24.4 Å². The van der Waals surface area contributed by atoms with E-state index >= 15 is 0 Å². The number of aryl methyl sites for hydroxylation is 1. The van der Waals surface area contributed by atoms with Crippen LogP contribution in [-0.4, -0.2) is 41.6 Å². The molecule has 0 aliphatic heterocycles. The normalized spacial score (nSPS) is 13.8. The van der Waals surface area contributed by atoms with E-state index in [-0.39, 0.29) is 17.8 Å². The number of rotatable bonds is 14. The van der Waals surface area contributed by atoms with Gasteiger partial charge in [-0.3, -0.25) is 10.1 Å². The Hall–Kier alpha value is -1.93. The summed E-state index contributed by atoms with van der Waals surface area (Å²) in [7, 11) is -1.90. The summed E-state index contributed by atoms with van der Waals surface area (Å²) in [6, 6.07) is 5.16. The Balaban J connectivity index is 2.16. The molecule has 0 bridgehead atoms. The Bertz CT molecular complexity index is 881. The lowest BCUT2D eigenvalue weighted by molar-refractivity contribution is -0.386. The Labute approximate surface area is 198 Å². The molecule has 2 rings (SSSR count). The second-order valence-electron chi connectivity index (χ2n) is 8.94. The van der Waals surface area contributed by atoms with Gasteiger partial charge in [-0.25, -0.2) is 9.35 Å². The van der Waals surface area contributed by atoms with Gasteiger partial charge in [-0.15, -0.1) is 5.10 Å². The van der Waals surface area contributed by atoms with Gasteiger partial charge in [0, 0.05) is 24.3 Å². The van der Waals surface area contributed by atoms with Crippen LogP contribution in [0, 0.1) is 10.1 Å². The Morgan fingerprint density at radius 3 is 2.48 bits per heavy atom. The molecule has 184 valence electrons. The molecule has 0 saturated heterocycles. The molecule has 0 fully saturated rings. The van der Waals surface area contributed by atoms with Gasteiger partial charge in [0.2, 0.25) is 0 Å². The highest BCUT2D eigenvalue weighted by atomic mass is 31.2. The van der Waals surface area contributed by atoms with Crippen molar-refractivity contribution in [2.24, 2.45) is 0 Å². The van der Waals surface area contributed by atoms with Crippen LogP contribution < -0.4 is 0 Å². The van der Waals surface area contributed by atoms with Gasteiger partial charge < -0.3 is 9.42 Å². The van der Waals surface area contributed by atoms with Crippen molar-refractivity contribution >= 4 is 14.2 Å². The van der Waals surface area contributed by atoms with Crippen LogP contribution >= 0.6 is 8.53 Å². The molecule has 0 saturated carbocycles. The summed E-state index contributed by atoms with van der Waals surface area (Å²) in [6.45, 7) is 12.3. The zero-order chi connectivity index (χ0) is 24.5. The summed E-state index contributed by atoms with van der Waals surface area (Å²) >= 11 is 0. The van der Waals surface area contributed by atoms with Crippen LogP contribution in [0.4, 0.5) is 5.69 Å². The third-order valence-corrected chi connectivity index (χ3v) is 7.28. The van der Waals surface area contributed by atoms with Crippen LogP contribution in [0.1, 0.15) is 90.2 Å². The average molecular weight is 480 g/mol. The monoisotopic (exact) mass is 479 g/mol. The van der Waals surface area contributed by atoms with Crippen molar-refractivity contribution in [1.82, 2.24) is 19.7 Å². The van der Waals surface area contributed by atoms with Crippen molar-refractivity contribution in [1.29, 1.82) is 0 Å². The first-order chi connectivity index (χ1) is 15.6. The third kappa shape index (κ3) is 8.10. The predicted molar refractivity (Wildman–Crippen MR) is 131 cm³/mol. The maximum atomic E-state index is 11.6. The molecule has 0 aliphatic rings. The first-order valence-corrected chi connectivity index (χ1v) is 12.9. The van der Waals surface area contributed by atoms with Gasteiger partial charge in [-0.05, 0) is 59.1 Å². The van der Waals surface area contributed by atoms with Crippen molar-refractivity contribution in [3.63, 3.8) is 0 Å². The van der Waals surface area contributed by atoms with Crippen molar-refractivity contribution in [3.8, 4) is 0 Å². The minimum Gasteiger partial charge on any atom is -0.338 e. The van der Waals surface area contributed by atoms with Crippen LogP contribution in [-0.2, 0) is 17.5 Å². The highest BCUT2D eigenvalue weighted by molar-refractivity contribution is 7.43. The molecule has 0 radical (unpaired) electrons. The molecule has 10 heteroatoms. The van der Waals surface area contributed by atoms with Crippen LogP contribution in [0.25, 0.3) is 0 Å². The van der Waals surface area contributed by atoms with Gasteiger partial charge in [-0.1, -0.05) is 37.5 Å². The Morgan fingerprint density at radius 1 is 1.18 bits per heavy atom. The largest absolute Gasteiger partial charge is 0.338 e. The first-order valence-electron chi connectivity index (χ1n) is 11.7. The van der Waals surface area contributed by atoms with Gasteiger partial charge >= 0.3 is 0 Å². The summed E-state index contributed by atoms with van der Waals surface area (Å²) < 4.78 is 9.52. The van der Waals surface area contributed by atoms with E-state index in [4.69, 9.17) is 4.52 Å². The third-order valence-electron chi connectivity index (χ3n) is 5.45. The quantitative estimate of drug-likeness (QED) is 0.159. The molecule has 2 unspecified atom stereocenters. The maximum absolute atomic E-state index is 11.6. The summed E-state index contributed by atoms with van der Waals surface area (Å²) in [6.07, 6.45) is 6.89. The number of unbranched alkanes of at least 4 members (excludes halogenated alkanes) is 3. The summed E-state index contributed by atoms with van der Waals surface area (Å²) in [4.78, 5) is 21.9. The van der Waals surface area contributed by atoms with Gasteiger partial charge in [0.25, 0.3) is 14.2 Å². The van der Waals surface area contributed by atoms with E-state index in [2.05, 4.69) is 17.2 Å². The lowest BCUT2D eigenvalue weighted by atomic mass is 10.0. The maximum Gasteiger partial charge on any atom is 0.275 e. The van der Waals surface area contributed by atoms with Gasteiger partial charge in [0.1, 0.15) is 0 Å². The van der Waals surface area contributed by atoms with E-state index < -0.39 is 19.6 Å². The molecule has 9 nitrogen and oxygen atoms in total. The van der Waals surface area contributed by atoms with E-state index in [1.807, 2.05) is 38.6 Å². The summed E-state index contributed by atoms with van der Waals surface area (Å²) in [5, 5.41) is 20.1. The Morgan fingerprint density at radius 2 is 1.88 bits per heavy atom. The summed E-state index contributed by atoms with van der Waals surface area (Å²) in [5.41, 5.74) is 2.23. The highest BCUT2D eigenvalue weighted by Crippen LogP contribution is 2.46. The van der Waals surface area contributed by atoms with Crippen LogP contribution in [0.5, 0.6) is 0 Å². The van der Waals surface area contributed by atoms with Crippen molar-refractivity contribution in [3.05, 3.63) is 51.3 Å². The van der Waals surface area contributed by atoms with Crippen molar-refractivity contribution in [2.75, 3.05) is 0 Å². The fourth-order valence-corrected chi connectivity index (χ4v) is 5.18. The van der Waals surface area contributed by atoms with Crippen LogP contribution in [0.3, 0.4) is 0 Å². The number of aromatic nitrogens is 3. The standard InChI is InChI=1S/C23H38N5O4P/c1-7-8-9-10-11-21-16-26(25-24-21)15-20-12-13-23(28(29)30)22(14-20)19(6)32-33(31)27(17(2)3)18(4)5/h12-14,16-19,31H,7-11,15H2,1-6H3. The van der Waals surface area contributed by atoms with E-state index in [0.29, 0.717) is 12.1 Å². The molecule has 33 heavy (non-hydrogen) atoms. The zero-order valence-corrected chi connectivity index (χ0v) is 21.5. The van der Waals surface area contributed by atoms with Crippen molar-refractivity contribution < 1.29 is 14.3 Å². The number of nitrogens with zero attached hydrogens (tertiary/aromatic N) is 5. The molecule has 2 aromatic rings. The SMILES string of the molecule is CCCCCCc1cn(Cc2ccc([N+](=O)[O-])c(C(C)OP(O)N(C(C)C)C(C)C)c2)nn1. The zero-order valence-electron chi connectivity index (χ0n) is 20.6. The Kier molecular flexibility index (Phi) is 10.8. The number of nitro benzene ring substituents is 1. The van der Waals surface area contributed by atoms with Gasteiger partial charge in [0.15, 0.2) is 0 Å². The lowest BCUT2D eigenvalue weighted by Crippen LogP contribution is -2.33. The minimum atomic E-state index is -1.90. The molecular formula is C23H38N5O4P. The van der Waals surface area contributed by atoms with E-state index in [0.717, 1.165) is 24.1 Å². The fraction of sp³-hybridized carbons (Fsp3) is 0.652.